The molecule has 1 N–H and O–H groups in total. The molecule has 0 radical (unpaired) electrons. The monoisotopic (exact) mass is 453 g/mol. The van der Waals surface area contributed by atoms with Gasteiger partial charge in [0, 0.05) is 49.7 Å². The first-order valence-electron chi connectivity index (χ1n) is 12.9. The number of ether oxygens (including phenoxy) is 2. The van der Waals surface area contributed by atoms with E-state index >= 15 is 0 Å². The van der Waals surface area contributed by atoms with Gasteiger partial charge in [-0.2, -0.15) is 4.98 Å². The summed E-state index contributed by atoms with van der Waals surface area (Å²) in [4.78, 5) is 15.1. The highest BCUT2D eigenvalue weighted by Crippen LogP contribution is 2.36. The molecule has 1 aliphatic carbocycles. The van der Waals surface area contributed by atoms with E-state index in [1.807, 2.05) is 12.1 Å². The molecule has 3 heterocycles. The van der Waals surface area contributed by atoms with Crippen LogP contribution in [0.4, 0.5) is 11.8 Å². The average molecular weight is 454 g/mol. The summed E-state index contributed by atoms with van der Waals surface area (Å²) in [7, 11) is 3.36. The van der Waals surface area contributed by atoms with Crippen LogP contribution in [0.15, 0.2) is 12.1 Å². The van der Waals surface area contributed by atoms with Gasteiger partial charge in [-0.1, -0.05) is 19.3 Å². The van der Waals surface area contributed by atoms with Gasteiger partial charge in [-0.05, 0) is 51.0 Å². The minimum atomic E-state index is 0.435. The maximum atomic E-state index is 5.59. The van der Waals surface area contributed by atoms with Gasteiger partial charge in [-0.3, -0.25) is 0 Å². The third-order valence-corrected chi connectivity index (χ3v) is 7.79. The van der Waals surface area contributed by atoms with Crippen molar-refractivity contribution in [3.05, 3.63) is 12.1 Å². The summed E-state index contributed by atoms with van der Waals surface area (Å²) in [5.41, 5.74) is 0.908. The molecule has 0 bridgehead atoms. The van der Waals surface area contributed by atoms with Gasteiger partial charge in [0.25, 0.3) is 0 Å². The van der Waals surface area contributed by atoms with Crippen LogP contribution in [0.25, 0.3) is 10.9 Å². The molecule has 2 aromatic rings. The minimum Gasteiger partial charge on any atom is -0.493 e. The van der Waals surface area contributed by atoms with Crippen LogP contribution in [0.5, 0.6) is 11.5 Å². The number of piperidine rings is 2. The Labute approximate surface area is 197 Å². The molecule has 0 atom stereocenters. The molecule has 1 aromatic heterocycles. The highest BCUT2D eigenvalue weighted by Gasteiger charge is 2.27. The summed E-state index contributed by atoms with van der Waals surface area (Å²) in [5.74, 6) is 3.18. The van der Waals surface area contributed by atoms with Crippen LogP contribution in [0, 0.1) is 0 Å². The second-order valence-electron chi connectivity index (χ2n) is 9.89. The summed E-state index contributed by atoms with van der Waals surface area (Å²) >= 11 is 0. The second-order valence-corrected chi connectivity index (χ2v) is 9.89. The first kappa shape index (κ1) is 22.5. The van der Waals surface area contributed by atoms with Crippen LogP contribution in [0.3, 0.4) is 0 Å². The van der Waals surface area contributed by atoms with Gasteiger partial charge in [0.1, 0.15) is 5.82 Å². The van der Waals surface area contributed by atoms with E-state index in [1.165, 1.54) is 64.5 Å². The predicted octanol–water partition coefficient (Wildman–Crippen LogP) is 4.85. The largest absolute Gasteiger partial charge is 0.493 e. The van der Waals surface area contributed by atoms with Crippen LogP contribution < -0.4 is 19.7 Å². The summed E-state index contributed by atoms with van der Waals surface area (Å²) in [6.07, 6.45) is 13.0. The molecule has 0 amide bonds. The molecule has 180 valence electrons. The van der Waals surface area contributed by atoms with Crippen molar-refractivity contribution in [3.63, 3.8) is 0 Å². The van der Waals surface area contributed by atoms with E-state index in [0.29, 0.717) is 11.8 Å². The van der Waals surface area contributed by atoms with Crippen molar-refractivity contribution >= 4 is 22.7 Å². The Hall–Kier alpha value is -2.28. The number of nitrogens with one attached hydrogen (secondary N) is 1. The molecule has 1 saturated carbocycles. The van der Waals surface area contributed by atoms with E-state index in [2.05, 4.69) is 15.1 Å². The Kier molecular flexibility index (Phi) is 7.04. The Morgan fingerprint density at radius 1 is 0.788 bits per heavy atom. The molecule has 7 heteroatoms. The standard InChI is InChI=1S/C26H39N5O2/c1-32-23-17-21-22(18-24(23)33-2)28-26(31-13-7-4-8-14-31)29-25(21)27-19-11-15-30(16-12-19)20-9-5-3-6-10-20/h17-20H,3-16H2,1-2H3,(H,27,28,29). The molecular formula is C26H39N5O2. The number of anilines is 2. The predicted molar refractivity (Wildman–Crippen MR) is 134 cm³/mol. The summed E-state index contributed by atoms with van der Waals surface area (Å²) in [5, 5.41) is 4.82. The molecule has 33 heavy (non-hydrogen) atoms. The highest BCUT2D eigenvalue weighted by molar-refractivity contribution is 5.93. The van der Waals surface area contributed by atoms with Crippen molar-refractivity contribution in [2.45, 2.75) is 76.3 Å². The Morgan fingerprint density at radius 3 is 2.15 bits per heavy atom. The number of aromatic nitrogens is 2. The quantitative estimate of drug-likeness (QED) is 0.671. The smallest absolute Gasteiger partial charge is 0.227 e. The van der Waals surface area contributed by atoms with Crippen molar-refractivity contribution in [1.82, 2.24) is 14.9 Å². The van der Waals surface area contributed by atoms with Gasteiger partial charge < -0.3 is 24.6 Å². The first-order chi connectivity index (χ1) is 16.2. The van der Waals surface area contributed by atoms with Gasteiger partial charge in [0.15, 0.2) is 11.5 Å². The number of methoxy groups -OCH3 is 2. The summed E-state index contributed by atoms with van der Waals surface area (Å²) < 4.78 is 11.2. The fourth-order valence-corrected chi connectivity index (χ4v) is 5.84. The molecule has 3 fully saturated rings. The van der Waals surface area contributed by atoms with Crippen LogP contribution >= 0.6 is 0 Å². The number of nitrogens with zero attached hydrogens (tertiary/aromatic N) is 4. The van der Waals surface area contributed by atoms with Crippen molar-refractivity contribution in [1.29, 1.82) is 0 Å². The molecule has 7 nitrogen and oxygen atoms in total. The minimum absolute atomic E-state index is 0.435. The Morgan fingerprint density at radius 2 is 1.45 bits per heavy atom. The van der Waals surface area contributed by atoms with Crippen LogP contribution in [-0.2, 0) is 0 Å². The van der Waals surface area contributed by atoms with E-state index in [0.717, 1.165) is 60.4 Å². The lowest BCUT2D eigenvalue weighted by atomic mass is 9.92. The molecule has 0 spiro atoms. The van der Waals surface area contributed by atoms with Crippen molar-refractivity contribution in [2.24, 2.45) is 0 Å². The molecule has 0 unspecified atom stereocenters. The number of hydrogen-bond acceptors (Lipinski definition) is 7. The Bertz CT molecular complexity index is 932. The molecule has 5 rings (SSSR count). The number of likely N-dealkylation sites (tertiary alicyclic amines) is 1. The van der Waals surface area contributed by atoms with E-state index in [9.17, 15) is 0 Å². The number of hydrogen-bond donors (Lipinski definition) is 1. The molecule has 1 aromatic carbocycles. The second kappa shape index (κ2) is 10.3. The van der Waals surface area contributed by atoms with E-state index in [4.69, 9.17) is 19.4 Å². The number of fused-ring (bicyclic) bond motifs is 1. The van der Waals surface area contributed by atoms with Crippen LogP contribution in [0.2, 0.25) is 0 Å². The number of benzene rings is 1. The lowest BCUT2D eigenvalue weighted by Gasteiger charge is -2.39. The highest BCUT2D eigenvalue weighted by atomic mass is 16.5. The zero-order valence-electron chi connectivity index (χ0n) is 20.3. The topological polar surface area (TPSA) is 62.8 Å². The third-order valence-electron chi connectivity index (χ3n) is 7.79. The van der Waals surface area contributed by atoms with Gasteiger partial charge >= 0.3 is 0 Å². The van der Waals surface area contributed by atoms with Crippen molar-refractivity contribution in [3.8, 4) is 11.5 Å². The van der Waals surface area contributed by atoms with Crippen LogP contribution in [-0.4, -0.2) is 67.4 Å². The number of rotatable bonds is 6. The summed E-state index contributed by atoms with van der Waals surface area (Å²) in [6, 6.07) is 5.25. The fraction of sp³-hybridized carbons (Fsp3) is 0.692. The first-order valence-corrected chi connectivity index (χ1v) is 12.9. The fourth-order valence-electron chi connectivity index (χ4n) is 5.84. The average Bonchev–Trinajstić information content (AvgIpc) is 2.89. The maximum absolute atomic E-state index is 5.59. The lowest BCUT2D eigenvalue weighted by Crippen LogP contribution is -2.45. The lowest BCUT2D eigenvalue weighted by molar-refractivity contribution is 0.126. The molecule has 3 aliphatic rings. The molecular weight excluding hydrogens is 414 g/mol. The van der Waals surface area contributed by atoms with Gasteiger partial charge in [0.05, 0.1) is 19.7 Å². The van der Waals surface area contributed by atoms with Crippen molar-refractivity contribution in [2.75, 3.05) is 50.6 Å². The van der Waals surface area contributed by atoms with Crippen LogP contribution in [0.1, 0.15) is 64.2 Å². The van der Waals surface area contributed by atoms with Gasteiger partial charge in [0.2, 0.25) is 5.95 Å². The summed E-state index contributed by atoms with van der Waals surface area (Å²) in [6.45, 7) is 4.42. The molecule has 2 saturated heterocycles. The third kappa shape index (κ3) is 4.98. The van der Waals surface area contributed by atoms with Gasteiger partial charge in [-0.25, -0.2) is 4.98 Å². The zero-order valence-corrected chi connectivity index (χ0v) is 20.3. The SMILES string of the molecule is COc1cc2nc(N3CCCCC3)nc(NC3CCN(C4CCCCC4)CC3)c2cc1OC. The Balaban J connectivity index is 1.39. The molecule has 2 aliphatic heterocycles. The zero-order chi connectivity index (χ0) is 22.6. The normalized spacial score (nSPS) is 21.3. The van der Waals surface area contributed by atoms with Crippen molar-refractivity contribution < 1.29 is 9.47 Å². The maximum Gasteiger partial charge on any atom is 0.227 e. The van der Waals surface area contributed by atoms with Gasteiger partial charge in [-0.15, -0.1) is 0 Å². The van der Waals surface area contributed by atoms with E-state index < -0.39 is 0 Å². The van der Waals surface area contributed by atoms with E-state index in [-0.39, 0.29) is 0 Å². The van der Waals surface area contributed by atoms with E-state index in [1.54, 1.807) is 14.2 Å².